The predicted molar refractivity (Wildman–Crippen MR) is 115 cm³/mol. The van der Waals surface area contributed by atoms with Crippen LogP contribution in [0.3, 0.4) is 0 Å². The Bertz CT molecular complexity index is 1080. The van der Waals surface area contributed by atoms with Crippen LogP contribution in [-0.2, 0) is 18.4 Å². The van der Waals surface area contributed by atoms with Gasteiger partial charge in [0.15, 0.2) is 11.5 Å². The molecule has 0 radical (unpaired) electrons. The van der Waals surface area contributed by atoms with Crippen LogP contribution in [-0.4, -0.2) is 28.6 Å². The van der Waals surface area contributed by atoms with Gasteiger partial charge in [-0.1, -0.05) is 18.2 Å². The summed E-state index contributed by atoms with van der Waals surface area (Å²) in [5.74, 6) is 1.93. The molecule has 0 saturated carbocycles. The number of ether oxygens (including phenoxy) is 2. The van der Waals surface area contributed by atoms with E-state index in [4.69, 9.17) is 9.47 Å². The number of carbonyl (C=O) groups excluding carboxylic acids is 1. The lowest BCUT2D eigenvalue weighted by Gasteiger charge is -2.18. The van der Waals surface area contributed by atoms with E-state index in [2.05, 4.69) is 10.4 Å². The minimum absolute atomic E-state index is 0.0481. The average molecular weight is 428 g/mol. The molecular weight excluding hydrogens is 405 g/mol. The van der Waals surface area contributed by atoms with E-state index in [-0.39, 0.29) is 23.6 Å². The Balaban J connectivity index is 1.67. The lowest BCUT2D eigenvalue weighted by Crippen LogP contribution is -2.15. The Morgan fingerprint density at radius 2 is 2.00 bits per heavy atom. The van der Waals surface area contributed by atoms with Crippen molar-refractivity contribution in [3.8, 4) is 11.5 Å². The fourth-order valence-corrected chi connectivity index (χ4v) is 4.70. The van der Waals surface area contributed by atoms with E-state index in [1.54, 1.807) is 35.7 Å². The molecule has 1 atom stereocenters. The van der Waals surface area contributed by atoms with Crippen molar-refractivity contribution in [3.05, 3.63) is 70.7 Å². The van der Waals surface area contributed by atoms with E-state index in [0.29, 0.717) is 17.3 Å². The maximum Gasteiger partial charge on any atom is 0.235 e. The first-order valence-electron chi connectivity index (χ1n) is 9.46. The summed E-state index contributed by atoms with van der Waals surface area (Å²) in [6, 6.07) is 12.0. The summed E-state index contributed by atoms with van der Waals surface area (Å²) >= 11 is 1.55. The summed E-state index contributed by atoms with van der Waals surface area (Å²) in [4.78, 5) is 12.2. The van der Waals surface area contributed by atoms with Gasteiger partial charge in [0.05, 0.1) is 23.8 Å². The van der Waals surface area contributed by atoms with Crippen LogP contribution in [0.5, 0.6) is 11.5 Å². The summed E-state index contributed by atoms with van der Waals surface area (Å²) < 4.78 is 26.3. The number of rotatable bonds is 5. The summed E-state index contributed by atoms with van der Waals surface area (Å²) in [6.45, 7) is 2.23. The van der Waals surface area contributed by atoms with E-state index in [0.717, 1.165) is 28.2 Å². The van der Waals surface area contributed by atoms with Gasteiger partial charge in [-0.2, -0.15) is 5.10 Å². The molecule has 1 N–H and O–H groups in total. The number of amides is 1. The van der Waals surface area contributed by atoms with Crippen LogP contribution in [0.15, 0.2) is 42.5 Å². The second-order valence-corrected chi connectivity index (χ2v) is 8.13. The first-order chi connectivity index (χ1) is 14.5. The summed E-state index contributed by atoms with van der Waals surface area (Å²) in [5.41, 5.74) is 3.71. The van der Waals surface area contributed by atoms with Crippen molar-refractivity contribution in [3.63, 3.8) is 0 Å². The number of methoxy groups -OCH3 is 1. The average Bonchev–Trinajstić information content (AvgIpc) is 2.90. The van der Waals surface area contributed by atoms with E-state index in [1.165, 1.54) is 12.1 Å². The number of thioether (sulfide) groups is 1. The smallest absolute Gasteiger partial charge is 0.235 e. The summed E-state index contributed by atoms with van der Waals surface area (Å²) in [7, 11) is 3.41. The van der Waals surface area contributed by atoms with Crippen molar-refractivity contribution in [1.29, 1.82) is 0 Å². The minimum Gasteiger partial charge on any atom is -0.493 e. The highest BCUT2D eigenvalue weighted by molar-refractivity contribution is 8.00. The molecule has 4 rings (SSSR count). The lowest BCUT2D eigenvalue weighted by atomic mass is 10.0. The molecule has 8 heteroatoms. The van der Waals surface area contributed by atoms with E-state index >= 15 is 0 Å². The standard InChI is InChI=1S/C22H22FN3O3S/c1-13-20-21(30-12-19(27)24-22(20)26(2)25-13)15-6-9-17(28-3)18(10-15)29-11-14-4-7-16(23)8-5-14/h4-10,21H,11-12H2,1-3H3,(H,24,27). The number of carbonyl (C=O) groups is 1. The number of aromatic nitrogens is 2. The molecule has 1 unspecified atom stereocenters. The van der Waals surface area contributed by atoms with Gasteiger partial charge in [-0.05, 0) is 42.3 Å². The molecule has 1 aliphatic heterocycles. The van der Waals surface area contributed by atoms with Gasteiger partial charge < -0.3 is 14.8 Å². The molecule has 1 aromatic heterocycles. The summed E-state index contributed by atoms with van der Waals surface area (Å²) in [6.07, 6.45) is 0. The molecule has 1 aliphatic rings. The zero-order valence-electron chi connectivity index (χ0n) is 16.9. The predicted octanol–water partition coefficient (Wildman–Crippen LogP) is 4.23. The van der Waals surface area contributed by atoms with Crippen molar-refractivity contribution in [2.45, 2.75) is 18.8 Å². The fourth-order valence-electron chi connectivity index (χ4n) is 3.52. The monoisotopic (exact) mass is 427 g/mol. The van der Waals surface area contributed by atoms with Crippen molar-refractivity contribution < 1.29 is 18.7 Å². The molecule has 30 heavy (non-hydrogen) atoms. The second-order valence-electron chi connectivity index (χ2n) is 7.04. The SMILES string of the molecule is COc1ccc(C2SCC(=O)Nc3c2c(C)nn3C)cc1OCc1ccc(F)cc1. The normalized spacial score (nSPS) is 15.9. The molecule has 6 nitrogen and oxygen atoms in total. The molecule has 2 heterocycles. The van der Waals surface area contributed by atoms with Gasteiger partial charge in [0.1, 0.15) is 18.2 Å². The molecule has 0 fully saturated rings. The van der Waals surface area contributed by atoms with Gasteiger partial charge in [-0.25, -0.2) is 4.39 Å². The van der Waals surface area contributed by atoms with Crippen molar-refractivity contribution >= 4 is 23.5 Å². The molecule has 156 valence electrons. The van der Waals surface area contributed by atoms with E-state index < -0.39 is 0 Å². The summed E-state index contributed by atoms with van der Waals surface area (Å²) in [5, 5.41) is 7.36. The number of halogens is 1. The number of fused-ring (bicyclic) bond motifs is 1. The molecule has 1 amide bonds. The van der Waals surface area contributed by atoms with Crippen LogP contribution in [0.2, 0.25) is 0 Å². The number of benzene rings is 2. The third-order valence-corrected chi connectivity index (χ3v) is 6.24. The van der Waals surface area contributed by atoms with Gasteiger partial charge in [-0.3, -0.25) is 9.48 Å². The van der Waals surface area contributed by atoms with Crippen molar-refractivity contribution in [2.75, 3.05) is 18.2 Å². The van der Waals surface area contributed by atoms with Crippen LogP contribution >= 0.6 is 11.8 Å². The largest absolute Gasteiger partial charge is 0.493 e. The van der Waals surface area contributed by atoms with Gasteiger partial charge in [0, 0.05) is 12.6 Å². The first-order valence-corrected chi connectivity index (χ1v) is 10.5. The van der Waals surface area contributed by atoms with Gasteiger partial charge in [-0.15, -0.1) is 11.8 Å². The Kier molecular flexibility index (Phi) is 5.67. The molecular formula is C22H22FN3O3S. The number of hydrogen-bond acceptors (Lipinski definition) is 5. The zero-order chi connectivity index (χ0) is 21.3. The third-order valence-electron chi connectivity index (χ3n) is 4.97. The van der Waals surface area contributed by atoms with Crippen molar-refractivity contribution in [1.82, 2.24) is 9.78 Å². The molecule has 0 bridgehead atoms. The van der Waals surface area contributed by atoms with Crippen LogP contribution in [0.4, 0.5) is 10.2 Å². The van der Waals surface area contributed by atoms with Crippen molar-refractivity contribution in [2.24, 2.45) is 7.05 Å². The number of nitrogens with zero attached hydrogens (tertiary/aromatic N) is 2. The highest BCUT2D eigenvalue weighted by Gasteiger charge is 2.30. The molecule has 0 saturated heterocycles. The molecule has 0 aliphatic carbocycles. The quantitative estimate of drug-likeness (QED) is 0.660. The Morgan fingerprint density at radius 3 is 2.73 bits per heavy atom. The Hall–Kier alpha value is -3.00. The van der Waals surface area contributed by atoms with Gasteiger partial charge in [0.2, 0.25) is 5.91 Å². The van der Waals surface area contributed by atoms with Gasteiger partial charge in [0.25, 0.3) is 0 Å². The van der Waals surface area contributed by atoms with E-state index in [9.17, 15) is 9.18 Å². The highest BCUT2D eigenvalue weighted by Crippen LogP contribution is 2.45. The van der Waals surface area contributed by atoms with E-state index in [1.807, 2.05) is 32.2 Å². The first kappa shape index (κ1) is 20.3. The highest BCUT2D eigenvalue weighted by atomic mass is 32.2. The van der Waals surface area contributed by atoms with Gasteiger partial charge >= 0.3 is 0 Å². The Labute approximate surface area is 178 Å². The maximum atomic E-state index is 13.1. The molecule has 0 spiro atoms. The number of aryl methyl sites for hydroxylation is 2. The van der Waals surface area contributed by atoms with Crippen LogP contribution in [0.25, 0.3) is 0 Å². The minimum atomic E-state index is -0.283. The third kappa shape index (κ3) is 4.00. The molecule has 3 aromatic rings. The van der Waals surface area contributed by atoms with Crippen LogP contribution < -0.4 is 14.8 Å². The topological polar surface area (TPSA) is 65.4 Å². The lowest BCUT2D eigenvalue weighted by molar-refractivity contribution is -0.113. The Morgan fingerprint density at radius 1 is 1.23 bits per heavy atom. The molecule has 2 aromatic carbocycles. The van der Waals surface area contributed by atoms with Crippen LogP contribution in [0.1, 0.15) is 27.6 Å². The maximum absolute atomic E-state index is 13.1. The fraction of sp³-hybridized carbons (Fsp3) is 0.273. The number of hydrogen-bond donors (Lipinski definition) is 1. The number of anilines is 1. The number of nitrogens with one attached hydrogen (secondary N) is 1. The second kappa shape index (κ2) is 8.39. The zero-order valence-corrected chi connectivity index (χ0v) is 17.8. The van der Waals surface area contributed by atoms with Crippen LogP contribution in [0, 0.1) is 12.7 Å².